The minimum absolute atomic E-state index is 0.192. The van der Waals surface area contributed by atoms with Gasteiger partial charge in [-0.05, 0) is 29.7 Å². The quantitative estimate of drug-likeness (QED) is 0.566. The van der Waals surface area contributed by atoms with Crippen molar-refractivity contribution in [3.05, 3.63) is 66.7 Å². The third-order valence-electron chi connectivity index (χ3n) is 3.54. The second-order valence-electron chi connectivity index (χ2n) is 5.42. The zero-order valence-corrected chi connectivity index (χ0v) is 13.9. The summed E-state index contributed by atoms with van der Waals surface area (Å²) in [4.78, 5) is 4.64. The molecule has 0 spiro atoms. The van der Waals surface area contributed by atoms with Crippen molar-refractivity contribution in [3.8, 4) is 0 Å². The maximum absolute atomic E-state index is 11.6. The number of guanidine groups is 1. The monoisotopic (exact) mass is 339 g/mol. The minimum atomic E-state index is -3.27. The molecule has 3 N–H and O–H groups in total. The first kappa shape index (κ1) is 16.0. The van der Waals surface area contributed by atoms with Gasteiger partial charge < -0.3 is 11.1 Å². The van der Waals surface area contributed by atoms with E-state index >= 15 is 0 Å². The summed E-state index contributed by atoms with van der Waals surface area (Å²) < 4.78 is 23.2. The van der Waals surface area contributed by atoms with E-state index in [-0.39, 0.29) is 10.9 Å². The average molecular weight is 339 g/mol. The van der Waals surface area contributed by atoms with E-state index in [9.17, 15) is 8.42 Å². The number of aliphatic imine (C=N–C) groups is 1. The molecule has 3 aromatic rings. The Kier molecular flexibility index (Phi) is 4.22. The molecule has 0 radical (unpaired) electrons. The molecular formula is C18H17N3O2S. The summed E-state index contributed by atoms with van der Waals surface area (Å²) in [6.45, 7) is 0. The van der Waals surface area contributed by atoms with Crippen molar-refractivity contribution in [1.82, 2.24) is 0 Å². The van der Waals surface area contributed by atoms with Crippen molar-refractivity contribution in [1.29, 1.82) is 0 Å². The van der Waals surface area contributed by atoms with Crippen molar-refractivity contribution >= 4 is 37.9 Å². The number of hydrogen-bond donors (Lipinski definition) is 2. The van der Waals surface area contributed by atoms with Gasteiger partial charge in [-0.25, -0.2) is 13.4 Å². The molecule has 24 heavy (non-hydrogen) atoms. The average Bonchev–Trinajstić information content (AvgIpc) is 2.54. The van der Waals surface area contributed by atoms with Gasteiger partial charge in [-0.1, -0.05) is 42.5 Å². The highest BCUT2D eigenvalue weighted by Gasteiger charge is 2.08. The number of nitrogens with two attached hydrogens (primary N) is 1. The molecule has 0 saturated carbocycles. The van der Waals surface area contributed by atoms with Crippen molar-refractivity contribution < 1.29 is 8.42 Å². The molecule has 0 atom stereocenters. The lowest BCUT2D eigenvalue weighted by atomic mass is 10.1. The first-order chi connectivity index (χ1) is 11.4. The molecule has 5 nitrogen and oxygen atoms in total. The largest absolute Gasteiger partial charge is 0.369 e. The van der Waals surface area contributed by atoms with Crippen LogP contribution in [0.3, 0.4) is 0 Å². The fourth-order valence-corrected chi connectivity index (χ4v) is 3.08. The van der Waals surface area contributed by atoms with Crippen LogP contribution in [-0.4, -0.2) is 20.6 Å². The van der Waals surface area contributed by atoms with E-state index in [1.165, 1.54) is 12.3 Å². The number of nitrogens with one attached hydrogen (secondary N) is 1. The van der Waals surface area contributed by atoms with Crippen LogP contribution in [0.1, 0.15) is 0 Å². The Balaban J connectivity index is 1.92. The van der Waals surface area contributed by atoms with Gasteiger partial charge in [0.1, 0.15) is 0 Å². The van der Waals surface area contributed by atoms with Gasteiger partial charge >= 0.3 is 0 Å². The number of nitrogens with zero attached hydrogens (tertiary/aromatic N) is 1. The number of hydrogen-bond acceptors (Lipinski definition) is 3. The number of anilines is 1. The Labute approximate surface area is 140 Å². The van der Waals surface area contributed by atoms with E-state index in [1.54, 1.807) is 18.2 Å². The topological polar surface area (TPSA) is 84.5 Å². The van der Waals surface area contributed by atoms with Crippen LogP contribution in [0.25, 0.3) is 10.8 Å². The standard InChI is InChI=1S/C18H17N3O2S/c1-24(22,23)15-9-5-8-14(12-15)20-18(19)21-17-11-4-7-13-6-2-3-10-16(13)17/h2-12H,1H3,(H3,19,20,21). The molecule has 0 amide bonds. The molecule has 0 fully saturated rings. The third kappa shape index (κ3) is 3.55. The van der Waals surface area contributed by atoms with E-state index in [1.807, 2.05) is 42.5 Å². The van der Waals surface area contributed by atoms with Crippen LogP contribution in [-0.2, 0) is 9.84 Å². The van der Waals surface area contributed by atoms with E-state index in [0.717, 1.165) is 16.5 Å². The Bertz CT molecular complexity index is 1020. The van der Waals surface area contributed by atoms with E-state index < -0.39 is 9.84 Å². The molecule has 0 aromatic heterocycles. The Morgan fingerprint density at radius 3 is 2.50 bits per heavy atom. The van der Waals surface area contributed by atoms with Crippen molar-refractivity contribution in [2.24, 2.45) is 10.7 Å². The number of fused-ring (bicyclic) bond motifs is 1. The zero-order chi connectivity index (χ0) is 17.2. The number of rotatable bonds is 3. The number of sulfone groups is 1. The van der Waals surface area contributed by atoms with Crippen molar-refractivity contribution in [2.45, 2.75) is 4.90 Å². The number of benzene rings is 3. The smallest absolute Gasteiger partial charge is 0.198 e. The van der Waals surface area contributed by atoms with E-state index in [0.29, 0.717) is 5.69 Å². The summed E-state index contributed by atoms with van der Waals surface area (Å²) in [7, 11) is -3.27. The fraction of sp³-hybridized carbons (Fsp3) is 0.0556. The molecule has 3 rings (SSSR count). The highest BCUT2D eigenvalue weighted by atomic mass is 32.2. The van der Waals surface area contributed by atoms with Gasteiger partial charge in [-0.3, -0.25) is 0 Å². The van der Waals surface area contributed by atoms with Crippen molar-refractivity contribution in [3.63, 3.8) is 0 Å². The first-order valence-corrected chi connectivity index (χ1v) is 9.22. The lowest BCUT2D eigenvalue weighted by molar-refractivity contribution is 0.602. The van der Waals surface area contributed by atoms with Gasteiger partial charge in [0.05, 0.1) is 10.6 Å². The van der Waals surface area contributed by atoms with Crippen LogP contribution >= 0.6 is 0 Å². The highest BCUT2D eigenvalue weighted by molar-refractivity contribution is 7.90. The summed E-state index contributed by atoms with van der Waals surface area (Å²) in [6, 6.07) is 20.2. The Morgan fingerprint density at radius 2 is 1.71 bits per heavy atom. The molecule has 6 heteroatoms. The van der Waals surface area contributed by atoms with Crippen LogP contribution in [0.4, 0.5) is 11.4 Å². The van der Waals surface area contributed by atoms with Crippen LogP contribution in [0.2, 0.25) is 0 Å². The molecule has 0 unspecified atom stereocenters. The minimum Gasteiger partial charge on any atom is -0.369 e. The SMILES string of the molecule is CS(=O)(=O)c1cccc(NC(N)=Nc2cccc3ccccc23)c1. The summed E-state index contributed by atoms with van der Waals surface area (Å²) >= 11 is 0. The lowest BCUT2D eigenvalue weighted by Crippen LogP contribution is -2.22. The molecule has 0 saturated heterocycles. The molecule has 122 valence electrons. The zero-order valence-electron chi connectivity index (χ0n) is 13.1. The molecule has 0 aliphatic carbocycles. The second-order valence-corrected chi connectivity index (χ2v) is 7.44. The van der Waals surface area contributed by atoms with Gasteiger partial charge in [-0.15, -0.1) is 0 Å². The summed E-state index contributed by atoms with van der Waals surface area (Å²) in [5, 5.41) is 5.00. The van der Waals surface area contributed by atoms with Gasteiger partial charge in [0.2, 0.25) is 0 Å². The summed E-state index contributed by atoms with van der Waals surface area (Å²) in [5.41, 5.74) is 7.29. The predicted octanol–water partition coefficient (Wildman–Crippen LogP) is 3.30. The second kappa shape index (κ2) is 6.33. The molecule has 0 bridgehead atoms. The van der Waals surface area contributed by atoms with Crippen LogP contribution in [0.5, 0.6) is 0 Å². The highest BCUT2D eigenvalue weighted by Crippen LogP contribution is 2.25. The molecule has 3 aromatic carbocycles. The predicted molar refractivity (Wildman–Crippen MR) is 98.4 cm³/mol. The van der Waals surface area contributed by atoms with Gasteiger partial charge in [0, 0.05) is 17.3 Å². The third-order valence-corrected chi connectivity index (χ3v) is 4.65. The van der Waals surface area contributed by atoms with Crippen LogP contribution in [0.15, 0.2) is 76.6 Å². The van der Waals surface area contributed by atoms with Crippen LogP contribution in [0, 0.1) is 0 Å². The van der Waals surface area contributed by atoms with Crippen LogP contribution < -0.4 is 11.1 Å². The molecular weight excluding hydrogens is 322 g/mol. The lowest BCUT2D eigenvalue weighted by Gasteiger charge is -2.08. The molecule has 0 heterocycles. The first-order valence-electron chi connectivity index (χ1n) is 7.32. The maximum Gasteiger partial charge on any atom is 0.198 e. The fourth-order valence-electron chi connectivity index (χ4n) is 2.42. The Morgan fingerprint density at radius 1 is 1.00 bits per heavy atom. The van der Waals surface area contributed by atoms with Crippen molar-refractivity contribution in [2.75, 3.05) is 11.6 Å². The van der Waals surface area contributed by atoms with Gasteiger partial charge in [0.15, 0.2) is 15.8 Å². The Hall–Kier alpha value is -2.86. The normalized spacial score (nSPS) is 12.3. The summed E-state index contributed by atoms with van der Waals surface area (Å²) in [5.74, 6) is 0.192. The molecule has 0 aliphatic rings. The molecule has 0 aliphatic heterocycles. The van der Waals surface area contributed by atoms with E-state index in [4.69, 9.17) is 5.73 Å². The van der Waals surface area contributed by atoms with Gasteiger partial charge in [0.25, 0.3) is 0 Å². The van der Waals surface area contributed by atoms with E-state index in [2.05, 4.69) is 10.3 Å². The summed E-state index contributed by atoms with van der Waals surface area (Å²) in [6.07, 6.45) is 1.17. The van der Waals surface area contributed by atoms with Gasteiger partial charge in [-0.2, -0.15) is 0 Å². The maximum atomic E-state index is 11.6.